The summed E-state index contributed by atoms with van der Waals surface area (Å²) >= 11 is 12.1. The number of carbonyl (C=O) groups excluding carboxylic acids is 2. The Morgan fingerprint density at radius 1 is 0.885 bits per heavy atom. The average molecular weight is 392 g/mol. The number of piperazine rings is 1. The third-order valence-electron chi connectivity index (χ3n) is 4.27. The second-order valence-corrected chi connectivity index (χ2v) is 6.89. The van der Waals surface area contributed by atoms with Crippen LogP contribution in [0.15, 0.2) is 48.5 Å². The molecule has 1 aliphatic heterocycles. The highest BCUT2D eigenvalue weighted by molar-refractivity contribution is 6.39. The zero-order valence-electron chi connectivity index (χ0n) is 14.1. The van der Waals surface area contributed by atoms with Crippen LogP contribution in [0, 0.1) is 0 Å². The molecule has 2 amide bonds. The van der Waals surface area contributed by atoms with Crippen LogP contribution in [0.1, 0.15) is 10.4 Å². The standard InChI is InChI=1S/C19H19Cl2N3O2/c20-15-7-4-8-16(21)18(15)22-17(25)13-23-9-11-24(12-10-23)19(26)14-5-2-1-3-6-14/h1-8H,9-13H2,(H,22,25). The molecule has 1 N–H and O–H groups in total. The fourth-order valence-corrected chi connectivity index (χ4v) is 3.36. The van der Waals surface area contributed by atoms with Gasteiger partial charge < -0.3 is 10.2 Å². The van der Waals surface area contributed by atoms with E-state index in [1.807, 2.05) is 40.1 Å². The number of nitrogens with one attached hydrogen (secondary N) is 1. The van der Waals surface area contributed by atoms with E-state index >= 15 is 0 Å². The van der Waals surface area contributed by atoms with E-state index in [2.05, 4.69) is 5.32 Å². The van der Waals surface area contributed by atoms with Gasteiger partial charge in [0.25, 0.3) is 5.91 Å². The number of para-hydroxylation sites is 1. The predicted octanol–water partition coefficient (Wildman–Crippen LogP) is 3.39. The summed E-state index contributed by atoms with van der Waals surface area (Å²) in [7, 11) is 0. The van der Waals surface area contributed by atoms with Gasteiger partial charge in [-0.3, -0.25) is 14.5 Å². The molecule has 3 rings (SSSR count). The van der Waals surface area contributed by atoms with E-state index in [1.54, 1.807) is 18.2 Å². The zero-order chi connectivity index (χ0) is 18.5. The van der Waals surface area contributed by atoms with Crippen molar-refractivity contribution in [2.45, 2.75) is 0 Å². The summed E-state index contributed by atoms with van der Waals surface area (Å²) in [5.74, 6) is -0.152. The van der Waals surface area contributed by atoms with Crippen LogP contribution in [0.4, 0.5) is 5.69 Å². The van der Waals surface area contributed by atoms with Gasteiger partial charge in [0, 0.05) is 31.7 Å². The van der Waals surface area contributed by atoms with Gasteiger partial charge in [-0.05, 0) is 24.3 Å². The Hall–Kier alpha value is -2.08. The Labute approximate surface area is 162 Å². The molecular formula is C19H19Cl2N3O2. The number of nitrogens with zero attached hydrogens (tertiary/aromatic N) is 2. The molecule has 7 heteroatoms. The maximum atomic E-state index is 12.4. The molecule has 0 aromatic heterocycles. The third-order valence-corrected chi connectivity index (χ3v) is 4.90. The molecule has 2 aromatic rings. The first-order valence-electron chi connectivity index (χ1n) is 8.35. The van der Waals surface area contributed by atoms with Gasteiger partial charge in [-0.1, -0.05) is 47.5 Å². The Morgan fingerprint density at radius 3 is 2.12 bits per heavy atom. The van der Waals surface area contributed by atoms with Crippen LogP contribution in [-0.2, 0) is 4.79 Å². The van der Waals surface area contributed by atoms with Crippen molar-refractivity contribution >= 4 is 40.7 Å². The van der Waals surface area contributed by atoms with E-state index in [9.17, 15) is 9.59 Å². The quantitative estimate of drug-likeness (QED) is 0.868. The molecule has 0 saturated carbocycles. The highest BCUT2D eigenvalue weighted by Gasteiger charge is 2.23. The highest BCUT2D eigenvalue weighted by atomic mass is 35.5. The van der Waals surface area contributed by atoms with E-state index in [-0.39, 0.29) is 18.4 Å². The minimum atomic E-state index is -0.178. The number of hydrogen-bond acceptors (Lipinski definition) is 3. The molecule has 1 saturated heterocycles. The monoisotopic (exact) mass is 391 g/mol. The summed E-state index contributed by atoms with van der Waals surface area (Å²) in [6, 6.07) is 14.3. The molecule has 0 aliphatic carbocycles. The lowest BCUT2D eigenvalue weighted by Gasteiger charge is -2.34. The minimum absolute atomic E-state index is 0.0255. The number of anilines is 1. The lowest BCUT2D eigenvalue weighted by Crippen LogP contribution is -2.50. The Balaban J connectivity index is 1.51. The molecule has 5 nitrogen and oxygen atoms in total. The van der Waals surface area contributed by atoms with Crippen LogP contribution in [0.5, 0.6) is 0 Å². The van der Waals surface area contributed by atoms with E-state index in [0.29, 0.717) is 47.5 Å². The Kier molecular flexibility index (Phi) is 6.14. The lowest BCUT2D eigenvalue weighted by atomic mass is 10.2. The number of rotatable bonds is 4. The van der Waals surface area contributed by atoms with E-state index < -0.39 is 0 Å². The van der Waals surface area contributed by atoms with Crippen molar-refractivity contribution in [2.24, 2.45) is 0 Å². The van der Waals surface area contributed by atoms with E-state index in [0.717, 1.165) is 0 Å². The first kappa shape index (κ1) is 18.7. The van der Waals surface area contributed by atoms with Gasteiger partial charge >= 0.3 is 0 Å². The molecule has 0 radical (unpaired) electrons. The molecule has 0 atom stereocenters. The molecule has 1 heterocycles. The maximum absolute atomic E-state index is 12.4. The van der Waals surface area contributed by atoms with E-state index in [4.69, 9.17) is 23.2 Å². The fraction of sp³-hybridized carbons (Fsp3) is 0.263. The van der Waals surface area contributed by atoms with Crippen LogP contribution in [0.2, 0.25) is 10.0 Å². The van der Waals surface area contributed by atoms with Crippen molar-refractivity contribution < 1.29 is 9.59 Å². The summed E-state index contributed by atoms with van der Waals surface area (Å²) in [6.07, 6.45) is 0. The van der Waals surface area contributed by atoms with Crippen molar-refractivity contribution in [3.8, 4) is 0 Å². The average Bonchev–Trinajstić information content (AvgIpc) is 2.66. The zero-order valence-corrected chi connectivity index (χ0v) is 15.6. The SMILES string of the molecule is O=C(CN1CCN(C(=O)c2ccccc2)CC1)Nc1c(Cl)cccc1Cl. The van der Waals surface area contributed by atoms with Crippen molar-refractivity contribution in [3.05, 3.63) is 64.1 Å². The van der Waals surface area contributed by atoms with Crippen molar-refractivity contribution in [1.29, 1.82) is 0 Å². The predicted molar refractivity (Wildman–Crippen MR) is 104 cm³/mol. The number of amides is 2. The second kappa shape index (κ2) is 8.54. The number of benzene rings is 2. The van der Waals surface area contributed by atoms with Gasteiger partial charge in [-0.25, -0.2) is 0 Å². The number of carbonyl (C=O) groups is 2. The fourth-order valence-electron chi connectivity index (χ4n) is 2.87. The minimum Gasteiger partial charge on any atom is -0.336 e. The highest BCUT2D eigenvalue weighted by Crippen LogP contribution is 2.29. The number of hydrogen-bond donors (Lipinski definition) is 1. The van der Waals surface area contributed by atoms with Gasteiger partial charge in [-0.2, -0.15) is 0 Å². The molecule has 26 heavy (non-hydrogen) atoms. The van der Waals surface area contributed by atoms with Crippen LogP contribution in [-0.4, -0.2) is 54.3 Å². The molecule has 136 valence electrons. The van der Waals surface area contributed by atoms with Gasteiger partial charge in [-0.15, -0.1) is 0 Å². The second-order valence-electron chi connectivity index (χ2n) is 6.08. The largest absolute Gasteiger partial charge is 0.336 e. The normalized spacial score (nSPS) is 14.9. The molecule has 1 aliphatic rings. The summed E-state index contributed by atoms with van der Waals surface area (Å²) in [5, 5.41) is 3.57. The van der Waals surface area contributed by atoms with Crippen molar-refractivity contribution in [1.82, 2.24) is 9.80 Å². The van der Waals surface area contributed by atoms with Crippen molar-refractivity contribution in [2.75, 3.05) is 38.0 Å². The van der Waals surface area contributed by atoms with Crippen LogP contribution < -0.4 is 5.32 Å². The van der Waals surface area contributed by atoms with Crippen molar-refractivity contribution in [3.63, 3.8) is 0 Å². The maximum Gasteiger partial charge on any atom is 0.253 e. The van der Waals surface area contributed by atoms with Gasteiger partial charge in [0.15, 0.2) is 0 Å². The molecule has 1 fully saturated rings. The Bertz CT molecular complexity index is 770. The molecule has 2 aromatic carbocycles. The number of halogens is 2. The summed E-state index contributed by atoms with van der Waals surface area (Å²) in [4.78, 5) is 28.5. The summed E-state index contributed by atoms with van der Waals surface area (Å²) in [6.45, 7) is 2.70. The van der Waals surface area contributed by atoms with Crippen LogP contribution in [0.3, 0.4) is 0 Å². The van der Waals surface area contributed by atoms with E-state index in [1.165, 1.54) is 0 Å². The van der Waals surface area contributed by atoms with Crippen LogP contribution in [0.25, 0.3) is 0 Å². The first-order chi connectivity index (χ1) is 12.5. The van der Waals surface area contributed by atoms with Gasteiger partial charge in [0.1, 0.15) is 0 Å². The summed E-state index contributed by atoms with van der Waals surface area (Å²) < 4.78 is 0. The van der Waals surface area contributed by atoms with Gasteiger partial charge in [0.05, 0.1) is 22.3 Å². The lowest BCUT2D eigenvalue weighted by molar-refractivity contribution is -0.117. The topological polar surface area (TPSA) is 52.7 Å². The smallest absolute Gasteiger partial charge is 0.253 e. The van der Waals surface area contributed by atoms with Gasteiger partial charge in [0.2, 0.25) is 5.91 Å². The van der Waals surface area contributed by atoms with Crippen LogP contribution >= 0.6 is 23.2 Å². The molecular weight excluding hydrogens is 373 g/mol. The molecule has 0 unspecified atom stereocenters. The first-order valence-corrected chi connectivity index (χ1v) is 9.11. The Morgan fingerprint density at radius 2 is 1.50 bits per heavy atom. The summed E-state index contributed by atoms with van der Waals surface area (Å²) in [5.41, 5.74) is 1.12. The molecule has 0 bridgehead atoms. The molecule has 0 spiro atoms. The third kappa shape index (κ3) is 4.55.